The minimum absolute atomic E-state index is 0.0126. The number of imide groups is 1. The molecule has 8 nitrogen and oxygen atoms in total. The Bertz CT molecular complexity index is 1050. The van der Waals surface area contributed by atoms with Crippen LogP contribution in [0.25, 0.3) is 0 Å². The number of amides is 3. The molecule has 0 aromatic heterocycles. The fourth-order valence-electron chi connectivity index (χ4n) is 3.63. The highest BCUT2D eigenvalue weighted by atomic mass is 16.7. The number of Topliss-reactive ketones (excluding diaryl/α,β-unsaturated/α-hetero) is 1. The largest absolute Gasteiger partial charge is 0.494 e. The van der Waals surface area contributed by atoms with Gasteiger partial charge in [-0.3, -0.25) is 14.5 Å². The van der Waals surface area contributed by atoms with Crippen molar-refractivity contribution in [2.45, 2.75) is 32.9 Å². The Hall–Kier alpha value is -3.55. The number of nitrogens with one attached hydrogen (secondary N) is 1. The number of hydrogen-bond donors (Lipinski definition) is 1. The molecule has 2 aromatic rings. The van der Waals surface area contributed by atoms with E-state index in [2.05, 4.69) is 5.32 Å². The Morgan fingerprint density at radius 3 is 2.67 bits per heavy atom. The molecule has 1 saturated heterocycles. The van der Waals surface area contributed by atoms with Crippen LogP contribution >= 0.6 is 0 Å². The zero-order chi connectivity index (χ0) is 21.5. The lowest BCUT2D eigenvalue weighted by atomic mass is 9.91. The molecule has 1 N–H and O–H groups in total. The zero-order valence-corrected chi connectivity index (χ0v) is 17.0. The number of carbonyl (C=O) groups excluding carboxylic acids is 3. The molecule has 0 aliphatic carbocycles. The van der Waals surface area contributed by atoms with Gasteiger partial charge in [-0.15, -0.1) is 0 Å². The summed E-state index contributed by atoms with van der Waals surface area (Å²) in [5, 5.41) is 2.78. The molecule has 2 aliphatic heterocycles. The maximum Gasteiger partial charge on any atom is 0.325 e. The lowest BCUT2D eigenvalue weighted by Crippen LogP contribution is -2.40. The second-order valence-corrected chi connectivity index (χ2v) is 7.33. The fourth-order valence-corrected chi connectivity index (χ4v) is 3.63. The van der Waals surface area contributed by atoms with Crippen molar-refractivity contribution in [3.05, 3.63) is 53.1 Å². The predicted molar refractivity (Wildman–Crippen MR) is 107 cm³/mol. The predicted octanol–water partition coefficient (Wildman–Crippen LogP) is 2.98. The van der Waals surface area contributed by atoms with Crippen molar-refractivity contribution in [2.75, 3.05) is 13.4 Å². The van der Waals surface area contributed by atoms with Gasteiger partial charge < -0.3 is 19.5 Å². The van der Waals surface area contributed by atoms with E-state index in [1.807, 2.05) is 6.92 Å². The summed E-state index contributed by atoms with van der Waals surface area (Å²) in [6.45, 7) is 5.48. The molecule has 0 radical (unpaired) electrons. The van der Waals surface area contributed by atoms with Crippen LogP contribution in [0.5, 0.6) is 17.2 Å². The molecule has 0 saturated carbocycles. The van der Waals surface area contributed by atoms with Gasteiger partial charge in [0.05, 0.1) is 13.2 Å². The number of ether oxygens (including phenoxy) is 3. The average molecular weight is 410 g/mol. The highest BCUT2D eigenvalue weighted by Crippen LogP contribution is 2.38. The smallest absolute Gasteiger partial charge is 0.325 e. The molecule has 1 fully saturated rings. The number of fused-ring (bicyclic) bond motifs is 1. The summed E-state index contributed by atoms with van der Waals surface area (Å²) in [4.78, 5) is 38.9. The van der Waals surface area contributed by atoms with E-state index in [4.69, 9.17) is 14.2 Å². The number of ketones is 1. The van der Waals surface area contributed by atoms with Crippen LogP contribution in [0.1, 0.15) is 42.3 Å². The van der Waals surface area contributed by atoms with Crippen LogP contribution in [0.15, 0.2) is 36.4 Å². The molecular formula is C22H22N2O6. The third-order valence-electron chi connectivity index (χ3n) is 5.32. The summed E-state index contributed by atoms with van der Waals surface area (Å²) in [7, 11) is 0. The monoisotopic (exact) mass is 410 g/mol. The van der Waals surface area contributed by atoms with Crippen LogP contribution in [-0.4, -0.2) is 36.0 Å². The third-order valence-corrected chi connectivity index (χ3v) is 5.32. The highest BCUT2D eigenvalue weighted by Gasteiger charge is 2.49. The molecule has 1 unspecified atom stereocenters. The Morgan fingerprint density at radius 2 is 1.93 bits per heavy atom. The summed E-state index contributed by atoms with van der Waals surface area (Å²) in [6.07, 6.45) is 0. The average Bonchev–Trinajstić information content (AvgIpc) is 3.27. The van der Waals surface area contributed by atoms with E-state index in [9.17, 15) is 14.4 Å². The highest BCUT2D eigenvalue weighted by molar-refractivity contribution is 6.07. The lowest BCUT2D eigenvalue weighted by molar-refractivity contribution is -0.131. The summed E-state index contributed by atoms with van der Waals surface area (Å²) in [6, 6.07) is 9.64. The van der Waals surface area contributed by atoms with E-state index in [0.29, 0.717) is 40.5 Å². The maximum absolute atomic E-state index is 13.3. The Morgan fingerprint density at radius 1 is 1.17 bits per heavy atom. The molecule has 30 heavy (non-hydrogen) atoms. The number of nitrogens with zero attached hydrogens (tertiary/aromatic N) is 1. The van der Waals surface area contributed by atoms with Crippen molar-refractivity contribution < 1.29 is 28.6 Å². The van der Waals surface area contributed by atoms with Gasteiger partial charge in [0.15, 0.2) is 17.3 Å². The van der Waals surface area contributed by atoms with Gasteiger partial charge in [-0.25, -0.2) is 4.79 Å². The molecule has 0 bridgehead atoms. The van der Waals surface area contributed by atoms with Crippen molar-refractivity contribution in [2.24, 2.45) is 0 Å². The van der Waals surface area contributed by atoms with Crippen LogP contribution in [0.3, 0.4) is 0 Å². The summed E-state index contributed by atoms with van der Waals surface area (Å²) in [5.41, 5.74) is 0.416. The second kappa shape index (κ2) is 7.37. The number of rotatable bonds is 6. The lowest BCUT2D eigenvalue weighted by Gasteiger charge is -2.23. The zero-order valence-electron chi connectivity index (χ0n) is 17.0. The van der Waals surface area contributed by atoms with E-state index in [1.54, 1.807) is 43.3 Å². The maximum atomic E-state index is 13.3. The standard InChI is InChI=1S/C22H22N2O6/c1-4-28-17-7-5-14(13(2)25)9-15(17)11-24-20(26)22(3,23-21(24)27)16-6-8-18-19(10-16)30-12-29-18/h5-10H,4,11-12H2,1-3H3,(H,23,27). The van der Waals surface area contributed by atoms with Gasteiger partial charge in [0.25, 0.3) is 5.91 Å². The van der Waals surface area contributed by atoms with Gasteiger partial charge in [0.2, 0.25) is 6.79 Å². The molecule has 3 amide bonds. The van der Waals surface area contributed by atoms with Crippen molar-refractivity contribution in [3.63, 3.8) is 0 Å². The summed E-state index contributed by atoms with van der Waals surface area (Å²) < 4.78 is 16.3. The first-order valence-corrected chi connectivity index (χ1v) is 9.64. The molecule has 2 aromatic carbocycles. The van der Waals surface area contributed by atoms with Gasteiger partial charge in [-0.05, 0) is 56.7 Å². The van der Waals surface area contributed by atoms with Gasteiger partial charge >= 0.3 is 6.03 Å². The minimum Gasteiger partial charge on any atom is -0.494 e. The number of carbonyl (C=O) groups is 3. The van der Waals surface area contributed by atoms with Crippen LogP contribution in [0.4, 0.5) is 4.79 Å². The first kappa shape index (κ1) is 19.8. The van der Waals surface area contributed by atoms with E-state index >= 15 is 0 Å². The van der Waals surface area contributed by atoms with Crippen molar-refractivity contribution >= 4 is 17.7 Å². The van der Waals surface area contributed by atoms with E-state index in [0.717, 1.165) is 4.90 Å². The third kappa shape index (κ3) is 3.24. The van der Waals surface area contributed by atoms with Gasteiger partial charge in [0, 0.05) is 11.1 Å². The second-order valence-electron chi connectivity index (χ2n) is 7.33. The van der Waals surface area contributed by atoms with Crippen molar-refractivity contribution in [1.29, 1.82) is 0 Å². The van der Waals surface area contributed by atoms with Crippen LogP contribution in [0.2, 0.25) is 0 Å². The van der Waals surface area contributed by atoms with Crippen LogP contribution in [0, 0.1) is 0 Å². The first-order valence-electron chi connectivity index (χ1n) is 9.64. The topological polar surface area (TPSA) is 94.2 Å². The molecule has 156 valence electrons. The molecule has 2 aliphatic rings. The van der Waals surface area contributed by atoms with E-state index < -0.39 is 17.5 Å². The Labute approximate surface area is 173 Å². The molecule has 4 rings (SSSR count). The van der Waals surface area contributed by atoms with Crippen LogP contribution < -0.4 is 19.5 Å². The van der Waals surface area contributed by atoms with Crippen molar-refractivity contribution in [3.8, 4) is 17.2 Å². The molecule has 2 heterocycles. The Balaban J connectivity index is 1.65. The molecular weight excluding hydrogens is 388 g/mol. The van der Waals surface area contributed by atoms with E-state index in [1.165, 1.54) is 6.92 Å². The van der Waals surface area contributed by atoms with Gasteiger partial charge in [-0.2, -0.15) is 0 Å². The number of benzene rings is 2. The SMILES string of the molecule is CCOc1ccc(C(C)=O)cc1CN1C(=O)NC(C)(c2ccc3c(c2)OCO3)C1=O. The Kier molecular flexibility index (Phi) is 4.85. The molecule has 8 heteroatoms. The fraction of sp³-hybridized carbons (Fsp3) is 0.318. The van der Waals surface area contributed by atoms with E-state index in [-0.39, 0.29) is 19.1 Å². The normalized spacial score (nSPS) is 19.8. The van der Waals surface area contributed by atoms with Crippen LogP contribution in [-0.2, 0) is 16.9 Å². The molecule has 0 spiro atoms. The summed E-state index contributed by atoms with van der Waals surface area (Å²) >= 11 is 0. The minimum atomic E-state index is -1.25. The quantitative estimate of drug-likeness (QED) is 0.581. The van der Waals surface area contributed by atoms with Gasteiger partial charge in [-0.1, -0.05) is 6.07 Å². The molecule has 1 atom stereocenters. The first-order chi connectivity index (χ1) is 14.3. The van der Waals surface area contributed by atoms with Gasteiger partial charge in [0.1, 0.15) is 11.3 Å². The summed E-state index contributed by atoms with van der Waals surface area (Å²) in [5.74, 6) is 1.14. The number of urea groups is 1. The van der Waals surface area contributed by atoms with Crippen molar-refractivity contribution in [1.82, 2.24) is 10.2 Å². The number of hydrogen-bond acceptors (Lipinski definition) is 6.